The highest BCUT2D eigenvalue weighted by molar-refractivity contribution is 5.94. The average Bonchev–Trinajstić information content (AvgIpc) is 2.45. The largest absolute Gasteiger partial charge is 0.414 e. The number of hydrogen-bond acceptors (Lipinski definition) is 2. The number of aliphatic hydroxyl groups excluding tert-OH is 1. The molecular formula is C15H17F4NO2. The lowest BCUT2D eigenvalue weighted by Crippen LogP contribution is -2.45. The quantitative estimate of drug-likeness (QED) is 0.852. The van der Waals surface area contributed by atoms with Crippen LogP contribution < -0.4 is 0 Å². The number of aryl methyl sites for hydroxylation is 1. The van der Waals surface area contributed by atoms with Crippen LogP contribution in [0.5, 0.6) is 0 Å². The number of nitrogens with zero attached hydrogens (tertiary/aromatic N) is 1. The molecule has 0 aliphatic carbocycles. The van der Waals surface area contributed by atoms with E-state index < -0.39 is 29.9 Å². The van der Waals surface area contributed by atoms with E-state index in [0.717, 1.165) is 0 Å². The van der Waals surface area contributed by atoms with Gasteiger partial charge in [0.15, 0.2) is 6.10 Å². The summed E-state index contributed by atoms with van der Waals surface area (Å²) in [6.07, 6.45) is -6.94. The zero-order valence-corrected chi connectivity index (χ0v) is 12.0. The van der Waals surface area contributed by atoms with Gasteiger partial charge in [0.05, 0.1) is 5.56 Å². The fourth-order valence-electron chi connectivity index (χ4n) is 2.65. The average molecular weight is 319 g/mol. The third-order valence-corrected chi connectivity index (χ3v) is 3.96. The van der Waals surface area contributed by atoms with Gasteiger partial charge in [0.2, 0.25) is 0 Å². The fraction of sp³-hybridized carbons (Fsp3) is 0.533. The summed E-state index contributed by atoms with van der Waals surface area (Å²) in [5.74, 6) is -2.09. The van der Waals surface area contributed by atoms with E-state index in [9.17, 15) is 27.5 Å². The number of amides is 1. The van der Waals surface area contributed by atoms with Crippen molar-refractivity contribution in [2.75, 3.05) is 13.1 Å². The van der Waals surface area contributed by atoms with Gasteiger partial charge in [0.25, 0.3) is 5.91 Å². The molecule has 1 N–H and O–H groups in total. The second-order valence-electron chi connectivity index (χ2n) is 5.60. The van der Waals surface area contributed by atoms with Gasteiger partial charge in [-0.2, -0.15) is 13.2 Å². The standard InChI is InChI=1S/C15H17F4NO2/c1-9-2-3-11(12(16)8-9)14(22)20-6-4-10(5-7-20)13(21)15(17,18)19/h2-3,8,10,13,21H,4-7H2,1H3. The normalized spacial score (nSPS) is 18.4. The van der Waals surface area contributed by atoms with Gasteiger partial charge in [-0.3, -0.25) is 4.79 Å². The summed E-state index contributed by atoms with van der Waals surface area (Å²) in [6.45, 7) is 1.84. The van der Waals surface area contributed by atoms with Crippen LogP contribution >= 0.6 is 0 Å². The van der Waals surface area contributed by atoms with E-state index >= 15 is 0 Å². The number of carbonyl (C=O) groups excluding carboxylic acids is 1. The molecule has 3 nitrogen and oxygen atoms in total. The molecule has 0 saturated carbocycles. The predicted octanol–water partition coefficient (Wildman–Crippen LogP) is 2.91. The first-order valence-electron chi connectivity index (χ1n) is 7.00. The summed E-state index contributed by atoms with van der Waals surface area (Å²) in [6, 6.07) is 4.23. The van der Waals surface area contributed by atoms with Crippen molar-refractivity contribution in [3.8, 4) is 0 Å². The Labute approximate surface area is 125 Å². The molecule has 1 unspecified atom stereocenters. The summed E-state index contributed by atoms with van der Waals surface area (Å²) in [5.41, 5.74) is 0.599. The molecule has 7 heteroatoms. The second kappa shape index (κ2) is 6.24. The van der Waals surface area contributed by atoms with Crippen LogP contribution in [-0.2, 0) is 0 Å². The van der Waals surface area contributed by atoms with Gasteiger partial charge < -0.3 is 10.0 Å². The monoisotopic (exact) mass is 319 g/mol. The third-order valence-electron chi connectivity index (χ3n) is 3.96. The van der Waals surface area contributed by atoms with Gasteiger partial charge in [-0.25, -0.2) is 4.39 Å². The maximum atomic E-state index is 13.8. The van der Waals surface area contributed by atoms with Crippen molar-refractivity contribution >= 4 is 5.91 Å². The number of benzene rings is 1. The predicted molar refractivity (Wildman–Crippen MR) is 71.8 cm³/mol. The van der Waals surface area contributed by atoms with Crippen molar-refractivity contribution in [1.82, 2.24) is 4.90 Å². The number of halogens is 4. The Bertz CT molecular complexity index is 551. The van der Waals surface area contributed by atoms with E-state index in [1.165, 1.54) is 17.0 Å². The minimum Gasteiger partial charge on any atom is -0.383 e. The van der Waals surface area contributed by atoms with Gasteiger partial charge in [0, 0.05) is 13.1 Å². The number of likely N-dealkylation sites (tertiary alicyclic amines) is 1. The van der Waals surface area contributed by atoms with Crippen LogP contribution in [0.2, 0.25) is 0 Å². The maximum Gasteiger partial charge on any atom is 0.414 e. The lowest BCUT2D eigenvalue weighted by atomic mass is 9.90. The Balaban J connectivity index is 2.01. The van der Waals surface area contributed by atoms with Gasteiger partial charge in [0.1, 0.15) is 5.82 Å². The van der Waals surface area contributed by atoms with E-state index in [2.05, 4.69) is 0 Å². The Morgan fingerprint density at radius 3 is 2.41 bits per heavy atom. The number of carbonyl (C=O) groups is 1. The van der Waals surface area contributed by atoms with Crippen LogP contribution in [0.1, 0.15) is 28.8 Å². The molecule has 0 aromatic heterocycles. The summed E-state index contributed by atoms with van der Waals surface area (Å²) in [7, 11) is 0. The van der Waals surface area contributed by atoms with Gasteiger partial charge in [-0.15, -0.1) is 0 Å². The van der Waals surface area contributed by atoms with E-state index in [1.807, 2.05) is 0 Å². The molecule has 1 saturated heterocycles. The first-order chi connectivity index (χ1) is 10.2. The Morgan fingerprint density at radius 2 is 1.91 bits per heavy atom. The van der Waals surface area contributed by atoms with Crippen molar-refractivity contribution in [2.45, 2.75) is 32.0 Å². The minimum atomic E-state index is -4.65. The fourth-order valence-corrected chi connectivity index (χ4v) is 2.65. The summed E-state index contributed by atoms with van der Waals surface area (Å²) in [5, 5.41) is 9.24. The van der Waals surface area contributed by atoms with Crippen LogP contribution in [0.4, 0.5) is 17.6 Å². The van der Waals surface area contributed by atoms with Crippen LogP contribution in [0, 0.1) is 18.7 Å². The summed E-state index contributed by atoms with van der Waals surface area (Å²) < 4.78 is 51.2. The number of piperidine rings is 1. The van der Waals surface area contributed by atoms with Gasteiger partial charge in [-0.05, 0) is 43.4 Å². The van der Waals surface area contributed by atoms with Crippen LogP contribution in [0.25, 0.3) is 0 Å². The third kappa shape index (κ3) is 3.58. The van der Waals surface area contributed by atoms with E-state index in [0.29, 0.717) is 5.56 Å². The Hall–Kier alpha value is -1.63. The van der Waals surface area contributed by atoms with E-state index in [1.54, 1.807) is 13.0 Å². The van der Waals surface area contributed by atoms with Crippen molar-refractivity contribution < 1.29 is 27.5 Å². The first kappa shape index (κ1) is 16.7. The number of aliphatic hydroxyl groups is 1. The Morgan fingerprint density at radius 1 is 1.32 bits per heavy atom. The minimum absolute atomic E-state index is 0.0416. The molecule has 0 spiro atoms. The molecule has 1 aliphatic rings. The van der Waals surface area contributed by atoms with E-state index in [-0.39, 0.29) is 31.5 Å². The topological polar surface area (TPSA) is 40.5 Å². The zero-order chi connectivity index (χ0) is 16.5. The molecule has 0 radical (unpaired) electrons. The molecule has 1 aromatic carbocycles. The van der Waals surface area contributed by atoms with Gasteiger partial charge >= 0.3 is 6.18 Å². The molecule has 1 atom stereocenters. The van der Waals surface area contributed by atoms with Crippen molar-refractivity contribution in [3.63, 3.8) is 0 Å². The first-order valence-corrected chi connectivity index (χ1v) is 7.00. The molecule has 2 rings (SSSR count). The molecule has 1 amide bonds. The van der Waals surface area contributed by atoms with Crippen molar-refractivity contribution in [2.24, 2.45) is 5.92 Å². The number of hydrogen-bond donors (Lipinski definition) is 1. The van der Waals surface area contributed by atoms with Crippen LogP contribution in [0.3, 0.4) is 0 Å². The molecular weight excluding hydrogens is 302 g/mol. The highest BCUT2D eigenvalue weighted by atomic mass is 19.4. The maximum absolute atomic E-state index is 13.8. The molecule has 22 heavy (non-hydrogen) atoms. The lowest BCUT2D eigenvalue weighted by molar-refractivity contribution is -0.222. The number of alkyl halides is 3. The smallest absolute Gasteiger partial charge is 0.383 e. The molecule has 1 aliphatic heterocycles. The summed E-state index contributed by atoms with van der Waals surface area (Å²) >= 11 is 0. The highest BCUT2D eigenvalue weighted by Crippen LogP contribution is 2.32. The SMILES string of the molecule is Cc1ccc(C(=O)N2CCC(C(O)C(F)(F)F)CC2)c(F)c1. The lowest BCUT2D eigenvalue weighted by Gasteiger charge is -2.34. The zero-order valence-electron chi connectivity index (χ0n) is 12.0. The van der Waals surface area contributed by atoms with Crippen LogP contribution in [-0.4, -0.2) is 41.3 Å². The molecule has 1 heterocycles. The van der Waals surface area contributed by atoms with Crippen LogP contribution in [0.15, 0.2) is 18.2 Å². The van der Waals surface area contributed by atoms with Gasteiger partial charge in [-0.1, -0.05) is 6.07 Å². The molecule has 122 valence electrons. The Kier molecular flexibility index (Phi) is 4.75. The molecule has 0 bridgehead atoms. The second-order valence-corrected chi connectivity index (χ2v) is 5.60. The number of rotatable bonds is 2. The molecule has 1 fully saturated rings. The summed E-state index contributed by atoms with van der Waals surface area (Å²) in [4.78, 5) is 13.5. The van der Waals surface area contributed by atoms with E-state index in [4.69, 9.17) is 0 Å². The molecule has 1 aromatic rings. The highest BCUT2D eigenvalue weighted by Gasteiger charge is 2.44. The van der Waals surface area contributed by atoms with Crippen molar-refractivity contribution in [3.05, 3.63) is 35.1 Å². The van der Waals surface area contributed by atoms with Crippen molar-refractivity contribution in [1.29, 1.82) is 0 Å².